The summed E-state index contributed by atoms with van der Waals surface area (Å²) in [6.07, 6.45) is 2.76. The van der Waals surface area contributed by atoms with E-state index < -0.39 is 0 Å². The molecule has 0 spiro atoms. The molecule has 2 aliphatic rings. The predicted octanol–water partition coefficient (Wildman–Crippen LogP) is 3.80. The first-order chi connectivity index (χ1) is 11.8. The lowest BCUT2D eigenvalue weighted by atomic mass is 9.73. The molecule has 24 heavy (non-hydrogen) atoms. The van der Waals surface area contributed by atoms with Gasteiger partial charge in [-0.3, -0.25) is 0 Å². The fourth-order valence-electron chi connectivity index (χ4n) is 3.43. The summed E-state index contributed by atoms with van der Waals surface area (Å²) in [5.74, 6) is 0.223. The van der Waals surface area contributed by atoms with Gasteiger partial charge >= 0.3 is 5.97 Å². The van der Waals surface area contributed by atoms with E-state index >= 15 is 0 Å². The van der Waals surface area contributed by atoms with Crippen molar-refractivity contribution in [3.63, 3.8) is 0 Å². The molecule has 0 saturated heterocycles. The first-order valence-corrected chi connectivity index (χ1v) is 7.95. The number of fused-ring (bicyclic) bond motifs is 1. The minimum Gasteiger partial charge on any atom is -0.497 e. The lowest BCUT2D eigenvalue weighted by Gasteiger charge is -2.27. The molecule has 0 N–H and O–H groups in total. The Balaban J connectivity index is 1.74. The molecule has 0 radical (unpaired) electrons. The first-order valence-electron chi connectivity index (χ1n) is 7.95. The average Bonchev–Trinajstić information content (AvgIpc) is 3.03. The molecule has 1 aliphatic carbocycles. The Bertz CT molecular complexity index is 822. The summed E-state index contributed by atoms with van der Waals surface area (Å²) in [6.45, 7) is 0. The summed E-state index contributed by atoms with van der Waals surface area (Å²) in [5.41, 5.74) is 4.13. The second-order valence-corrected chi connectivity index (χ2v) is 6.02. The number of hydrogen-bond donors (Lipinski definition) is 0. The molecule has 0 saturated carbocycles. The monoisotopic (exact) mass is 319 g/mol. The molecule has 120 valence electrons. The molecule has 2 unspecified atom stereocenters. The second kappa shape index (κ2) is 5.96. The van der Waals surface area contributed by atoms with Crippen molar-refractivity contribution in [2.24, 2.45) is 11.1 Å². The van der Waals surface area contributed by atoms with E-state index in [2.05, 4.69) is 17.3 Å². The van der Waals surface area contributed by atoms with Crippen LogP contribution in [0.5, 0.6) is 5.75 Å². The van der Waals surface area contributed by atoms with Gasteiger partial charge in [0.2, 0.25) is 0 Å². The van der Waals surface area contributed by atoms with E-state index in [1.54, 1.807) is 7.11 Å². The van der Waals surface area contributed by atoms with Crippen molar-refractivity contribution < 1.29 is 14.4 Å². The minimum atomic E-state index is -0.328. The number of methoxy groups -OCH3 is 1. The third kappa shape index (κ3) is 2.50. The maximum atomic E-state index is 12.2. The number of oxime groups is 1. The van der Waals surface area contributed by atoms with E-state index in [1.165, 1.54) is 5.57 Å². The van der Waals surface area contributed by atoms with Gasteiger partial charge in [0.05, 0.1) is 12.8 Å². The zero-order valence-corrected chi connectivity index (χ0v) is 13.3. The second-order valence-electron chi connectivity index (χ2n) is 6.02. The number of allylic oxidation sites excluding steroid dienone is 2. The van der Waals surface area contributed by atoms with Gasteiger partial charge in [0.15, 0.2) is 0 Å². The summed E-state index contributed by atoms with van der Waals surface area (Å²) in [5, 5.41) is 3.99. The molecular formula is C20H17NO3. The van der Waals surface area contributed by atoms with Crippen molar-refractivity contribution in [1.82, 2.24) is 0 Å². The standard InChI is InChI=1S/C20H17NO3/c1-23-16-9-7-14(8-10-16)17-11-15(13-5-3-2-4-6-13)12-18-19(17)20(22)24-21-18/h2-10,12,17,19H,11H2,1H3. The molecule has 1 heterocycles. The smallest absolute Gasteiger partial charge is 0.344 e. The molecule has 1 aliphatic heterocycles. The van der Waals surface area contributed by atoms with Crippen LogP contribution in [-0.2, 0) is 9.63 Å². The Labute approximate surface area is 140 Å². The molecule has 2 aromatic rings. The summed E-state index contributed by atoms with van der Waals surface area (Å²) < 4.78 is 5.23. The predicted molar refractivity (Wildman–Crippen MR) is 91.8 cm³/mol. The fraction of sp³-hybridized carbons (Fsp3) is 0.200. The quantitative estimate of drug-likeness (QED) is 0.809. The fourth-order valence-corrected chi connectivity index (χ4v) is 3.43. The lowest BCUT2D eigenvalue weighted by Crippen LogP contribution is -2.28. The highest BCUT2D eigenvalue weighted by molar-refractivity contribution is 6.15. The minimum absolute atomic E-state index is 0.0184. The Hall–Kier alpha value is -2.88. The van der Waals surface area contributed by atoms with Crippen molar-refractivity contribution in [3.8, 4) is 5.75 Å². The van der Waals surface area contributed by atoms with Gasteiger partial charge in [-0.1, -0.05) is 47.6 Å². The summed E-state index contributed by atoms with van der Waals surface area (Å²) in [4.78, 5) is 17.1. The molecule has 4 nitrogen and oxygen atoms in total. The zero-order valence-electron chi connectivity index (χ0n) is 13.3. The van der Waals surface area contributed by atoms with Gasteiger partial charge in [0.25, 0.3) is 0 Å². The number of nitrogens with zero attached hydrogens (tertiary/aromatic N) is 1. The highest BCUT2D eigenvalue weighted by Crippen LogP contribution is 2.42. The highest BCUT2D eigenvalue weighted by Gasteiger charge is 2.42. The largest absolute Gasteiger partial charge is 0.497 e. The topological polar surface area (TPSA) is 47.9 Å². The average molecular weight is 319 g/mol. The maximum Gasteiger partial charge on any atom is 0.344 e. The molecule has 0 amide bonds. The van der Waals surface area contributed by atoms with Crippen LogP contribution in [0.15, 0.2) is 65.8 Å². The molecule has 2 aromatic carbocycles. The van der Waals surface area contributed by atoms with E-state index in [-0.39, 0.29) is 17.8 Å². The molecule has 4 rings (SSSR count). The van der Waals surface area contributed by atoms with Gasteiger partial charge in [-0.2, -0.15) is 0 Å². The Morgan fingerprint density at radius 1 is 1.08 bits per heavy atom. The number of benzene rings is 2. The van der Waals surface area contributed by atoms with Gasteiger partial charge in [-0.15, -0.1) is 0 Å². The summed E-state index contributed by atoms with van der Waals surface area (Å²) >= 11 is 0. The number of hydrogen-bond acceptors (Lipinski definition) is 4. The molecular weight excluding hydrogens is 302 g/mol. The SMILES string of the molecule is COc1ccc(C2CC(c3ccccc3)=CC3=NOC(=O)C32)cc1. The van der Waals surface area contributed by atoms with Crippen LogP contribution >= 0.6 is 0 Å². The number of rotatable bonds is 3. The molecule has 0 bridgehead atoms. The lowest BCUT2D eigenvalue weighted by molar-refractivity contribution is -0.144. The van der Waals surface area contributed by atoms with Crippen LogP contribution < -0.4 is 4.74 Å². The number of ether oxygens (including phenoxy) is 1. The first kappa shape index (κ1) is 14.7. The molecule has 0 aromatic heterocycles. The Morgan fingerprint density at radius 2 is 1.83 bits per heavy atom. The van der Waals surface area contributed by atoms with Crippen LogP contribution in [0, 0.1) is 5.92 Å². The van der Waals surface area contributed by atoms with Crippen molar-refractivity contribution in [2.75, 3.05) is 7.11 Å². The van der Waals surface area contributed by atoms with E-state index in [0.717, 1.165) is 23.3 Å². The van der Waals surface area contributed by atoms with Crippen LogP contribution in [0.2, 0.25) is 0 Å². The molecule has 2 atom stereocenters. The van der Waals surface area contributed by atoms with Crippen LogP contribution in [0.1, 0.15) is 23.5 Å². The molecule has 4 heteroatoms. The van der Waals surface area contributed by atoms with Crippen molar-refractivity contribution in [3.05, 3.63) is 71.8 Å². The third-order valence-electron chi connectivity index (χ3n) is 4.67. The third-order valence-corrected chi connectivity index (χ3v) is 4.67. The van der Waals surface area contributed by atoms with E-state index in [9.17, 15) is 4.79 Å². The van der Waals surface area contributed by atoms with Crippen LogP contribution in [0.4, 0.5) is 0 Å². The summed E-state index contributed by atoms with van der Waals surface area (Å²) in [6, 6.07) is 18.1. The highest BCUT2D eigenvalue weighted by atomic mass is 16.7. The van der Waals surface area contributed by atoms with Gasteiger partial charge in [0.1, 0.15) is 11.7 Å². The number of carbonyl (C=O) groups is 1. The zero-order chi connectivity index (χ0) is 16.5. The van der Waals surface area contributed by atoms with E-state index in [1.807, 2.05) is 48.5 Å². The maximum absolute atomic E-state index is 12.2. The Morgan fingerprint density at radius 3 is 2.54 bits per heavy atom. The van der Waals surface area contributed by atoms with Crippen LogP contribution in [-0.4, -0.2) is 18.8 Å². The van der Waals surface area contributed by atoms with Crippen LogP contribution in [0.3, 0.4) is 0 Å². The van der Waals surface area contributed by atoms with Gasteiger partial charge in [-0.05, 0) is 41.3 Å². The summed E-state index contributed by atoms with van der Waals surface area (Å²) in [7, 11) is 1.64. The van der Waals surface area contributed by atoms with Gasteiger partial charge < -0.3 is 9.57 Å². The van der Waals surface area contributed by atoms with Crippen molar-refractivity contribution in [1.29, 1.82) is 0 Å². The van der Waals surface area contributed by atoms with Crippen molar-refractivity contribution in [2.45, 2.75) is 12.3 Å². The van der Waals surface area contributed by atoms with E-state index in [0.29, 0.717) is 5.71 Å². The van der Waals surface area contributed by atoms with Gasteiger partial charge in [0, 0.05) is 5.92 Å². The van der Waals surface area contributed by atoms with Crippen molar-refractivity contribution >= 4 is 17.3 Å². The Kier molecular flexibility index (Phi) is 3.65. The normalized spacial score (nSPS) is 22.3. The van der Waals surface area contributed by atoms with Gasteiger partial charge in [-0.25, -0.2) is 4.79 Å². The number of carbonyl (C=O) groups excluding carboxylic acids is 1. The van der Waals surface area contributed by atoms with E-state index in [4.69, 9.17) is 9.57 Å². The molecule has 0 fully saturated rings. The van der Waals surface area contributed by atoms with Crippen LogP contribution in [0.25, 0.3) is 5.57 Å².